The SMILES string of the molecule is Cc1cc(N2CCc3c(c(C)nn3CC34CCC(N(C)C(C)C)(CC3)CC4)C2)c2cnn(C)c2n1. The van der Waals surface area contributed by atoms with Crippen LogP contribution in [-0.4, -0.2) is 54.6 Å². The lowest BCUT2D eigenvalue weighted by Gasteiger charge is -2.58. The highest BCUT2D eigenvalue weighted by Gasteiger charge is 2.51. The van der Waals surface area contributed by atoms with E-state index in [0.29, 0.717) is 17.0 Å². The lowest BCUT2D eigenvalue weighted by atomic mass is 9.56. The van der Waals surface area contributed by atoms with E-state index in [9.17, 15) is 0 Å². The van der Waals surface area contributed by atoms with Gasteiger partial charge in [0.05, 0.1) is 23.0 Å². The maximum atomic E-state index is 5.14. The van der Waals surface area contributed by atoms with Gasteiger partial charge in [-0.05, 0) is 84.7 Å². The first-order valence-electron chi connectivity index (χ1n) is 13.5. The van der Waals surface area contributed by atoms with E-state index in [1.165, 1.54) is 61.2 Å². The van der Waals surface area contributed by atoms with Crippen LogP contribution in [0.15, 0.2) is 12.3 Å². The molecule has 35 heavy (non-hydrogen) atoms. The zero-order valence-electron chi connectivity index (χ0n) is 22.4. The third-order valence-electron chi connectivity index (χ3n) is 9.86. The first-order valence-corrected chi connectivity index (χ1v) is 13.5. The molecule has 4 heterocycles. The normalized spacial score (nSPS) is 26.3. The summed E-state index contributed by atoms with van der Waals surface area (Å²) in [6.45, 7) is 12.0. The van der Waals surface area contributed by atoms with Crippen molar-refractivity contribution >= 4 is 16.7 Å². The Hall–Kier alpha value is -2.41. The summed E-state index contributed by atoms with van der Waals surface area (Å²) in [5.74, 6) is 0. The second kappa shape index (κ2) is 8.05. The van der Waals surface area contributed by atoms with E-state index >= 15 is 0 Å². The number of aryl methyl sites for hydroxylation is 3. The van der Waals surface area contributed by atoms with Gasteiger partial charge in [-0.1, -0.05) is 0 Å². The fourth-order valence-electron chi connectivity index (χ4n) is 7.36. The van der Waals surface area contributed by atoms with Crippen molar-refractivity contribution in [2.75, 3.05) is 18.5 Å². The fraction of sp³-hybridized carbons (Fsp3) is 0.679. The maximum Gasteiger partial charge on any atom is 0.159 e. The van der Waals surface area contributed by atoms with Crippen LogP contribution in [0.5, 0.6) is 0 Å². The minimum Gasteiger partial charge on any atom is -0.366 e. The molecule has 7 heteroatoms. The molecule has 0 unspecified atom stereocenters. The van der Waals surface area contributed by atoms with Crippen molar-refractivity contribution in [3.63, 3.8) is 0 Å². The minimum absolute atomic E-state index is 0.438. The second-order valence-corrected chi connectivity index (χ2v) is 12.1. The number of rotatable bonds is 5. The lowest BCUT2D eigenvalue weighted by molar-refractivity contribution is -0.0633. The number of anilines is 1. The molecule has 0 N–H and O–H groups in total. The fourth-order valence-corrected chi connectivity index (χ4v) is 7.36. The third-order valence-corrected chi connectivity index (χ3v) is 9.86. The van der Waals surface area contributed by atoms with Crippen molar-refractivity contribution in [1.29, 1.82) is 0 Å². The molecule has 7 rings (SSSR count). The zero-order chi connectivity index (χ0) is 24.5. The summed E-state index contributed by atoms with van der Waals surface area (Å²) in [5, 5.41) is 10.8. The molecule has 4 aliphatic rings. The Kier molecular flexibility index (Phi) is 5.30. The van der Waals surface area contributed by atoms with Gasteiger partial charge in [0.25, 0.3) is 0 Å². The van der Waals surface area contributed by atoms with Crippen LogP contribution in [0.3, 0.4) is 0 Å². The maximum absolute atomic E-state index is 5.14. The van der Waals surface area contributed by atoms with E-state index in [1.54, 1.807) is 0 Å². The van der Waals surface area contributed by atoms with Gasteiger partial charge in [0.1, 0.15) is 0 Å². The van der Waals surface area contributed by atoms with Crippen molar-refractivity contribution in [3.05, 3.63) is 34.9 Å². The van der Waals surface area contributed by atoms with Crippen LogP contribution < -0.4 is 4.90 Å². The minimum atomic E-state index is 0.438. The Morgan fingerprint density at radius 1 is 1.09 bits per heavy atom. The van der Waals surface area contributed by atoms with Crippen LogP contribution in [0.25, 0.3) is 11.0 Å². The highest BCUT2D eigenvalue weighted by Crippen LogP contribution is 2.55. The van der Waals surface area contributed by atoms with Gasteiger partial charge in [-0.2, -0.15) is 10.2 Å². The van der Waals surface area contributed by atoms with Gasteiger partial charge in [0, 0.05) is 61.6 Å². The standard InChI is InChI=1S/C28H41N7/c1-19(2)32(5)28-11-8-27(9-12-28,10-13-28)18-35-24-7-14-34(17-23(24)21(4)31-35)25-15-20(3)30-26-22(25)16-29-33(26)6/h15-16,19H,7-14,17-18H2,1-6H3. The van der Waals surface area contributed by atoms with E-state index in [1.807, 2.05) is 17.9 Å². The van der Waals surface area contributed by atoms with Crippen molar-refractivity contribution < 1.29 is 0 Å². The van der Waals surface area contributed by atoms with E-state index < -0.39 is 0 Å². The third kappa shape index (κ3) is 3.61. The molecule has 0 amide bonds. The smallest absolute Gasteiger partial charge is 0.159 e. The molecule has 0 spiro atoms. The molecular formula is C28H41N7. The predicted octanol–water partition coefficient (Wildman–Crippen LogP) is 4.78. The average Bonchev–Trinajstić information content (AvgIpc) is 3.38. The topological polar surface area (TPSA) is 55.0 Å². The summed E-state index contributed by atoms with van der Waals surface area (Å²) in [4.78, 5) is 9.90. The molecular weight excluding hydrogens is 434 g/mol. The van der Waals surface area contributed by atoms with Gasteiger partial charge < -0.3 is 4.90 Å². The Balaban J connectivity index is 1.23. The molecule has 0 aromatic carbocycles. The number of hydrogen-bond donors (Lipinski definition) is 0. The van der Waals surface area contributed by atoms with Gasteiger partial charge in [-0.3, -0.25) is 14.3 Å². The molecule has 3 saturated carbocycles. The molecule has 3 aliphatic carbocycles. The van der Waals surface area contributed by atoms with Crippen LogP contribution >= 0.6 is 0 Å². The molecule has 3 aromatic rings. The molecule has 3 fully saturated rings. The first kappa shape index (κ1) is 23.0. The lowest BCUT2D eigenvalue weighted by Crippen LogP contribution is -2.58. The summed E-state index contributed by atoms with van der Waals surface area (Å²) >= 11 is 0. The average molecular weight is 476 g/mol. The number of aromatic nitrogens is 5. The van der Waals surface area contributed by atoms with E-state index in [4.69, 9.17) is 10.1 Å². The van der Waals surface area contributed by atoms with Gasteiger partial charge in [0.2, 0.25) is 0 Å². The Bertz CT molecular complexity index is 1240. The van der Waals surface area contributed by atoms with Crippen LogP contribution in [-0.2, 0) is 26.6 Å². The summed E-state index contributed by atoms with van der Waals surface area (Å²) in [6, 6.07) is 2.85. The summed E-state index contributed by atoms with van der Waals surface area (Å²) in [7, 11) is 4.33. The van der Waals surface area contributed by atoms with E-state index in [0.717, 1.165) is 42.8 Å². The molecule has 7 nitrogen and oxygen atoms in total. The van der Waals surface area contributed by atoms with Crippen LogP contribution in [0.1, 0.15) is 75.0 Å². The zero-order valence-corrected chi connectivity index (χ0v) is 22.4. The Morgan fingerprint density at radius 2 is 1.80 bits per heavy atom. The quantitative estimate of drug-likeness (QED) is 0.532. The second-order valence-electron chi connectivity index (χ2n) is 12.1. The van der Waals surface area contributed by atoms with E-state index in [-0.39, 0.29) is 0 Å². The van der Waals surface area contributed by atoms with Crippen molar-refractivity contribution in [2.24, 2.45) is 12.5 Å². The van der Waals surface area contributed by atoms with Gasteiger partial charge in [-0.25, -0.2) is 4.98 Å². The molecule has 1 aliphatic heterocycles. The predicted molar refractivity (Wildman–Crippen MR) is 141 cm³/mol. The number of fused-ring (bicyclic) bond motifs is 5. The molecule has 0 radical (unpaired) electrons. The van der Waals surface area contributed by atoms with Crippen LogP contribution in [0.2, 0.25) is 0 Å². The Morgan fingerprint density at radius 3 is 2.49 bits per heavy atom. The summed E-state index contributed by atoms with van der Waals surface area (Å²) in [5.41, 5.74) is 8.25. The van der Waals surface area contributed by atoms with Crippen molar-refractivity contribution in [2.45, 2.75) is 97.3 Å². The Labute approximate surface area is 209 Å². The van der Waals surface area contributed by atoms with E-state index in [2.05, 4.69) is 60.4 Å². The largest absolute Gasteiger partial charge is 0.366 e. The van der Waals surface area contributed by atoms with Gasteiger partial charge >= 0.3 is 0 Å². The van der Waals surface area contributed by atoms with Crippen LogP contribution in [0, 0.1) is 19.3 Å². The van der Waals surface area contributed by atoms with Crippen LogP contribution in [0.4, 0.5) is 5.69 Å². The molecule has 3 aromatic heterocycles. The molecule has 0 saturated heterocycles. The molecule has 0 atom stereocenters. The number of hydrogen-bond acceptors (Lipinski definition) is 5. The highest BCUT2D eigenvalue weighted by atomic mass is 15.3. The van der Waals surface area contributed by atoms with Gasteiger partial charge in [-0.15, -0.1) is 0 Å². The highest BCUT2D eigenvalue weighted by molar-refractivity contribution is 5.89. The molecule has 188 valence electrons. The monoisotopic (exact) mass is 475 g/mol. The van der Waals surface area contributed by atoms with Gasteiger partial charge in [0.15, 0.2) is 5.65 Å². The number of pyridine rings is 1. The number of nitrogens with zero attached hydrogens (tertiary/aromatic N) is 7. The molecule has 2 bridgehead atoms. The summed E-state index contributed by atoms with van der Waals surface area (Å²) in [6.07, 6.45) is 11.1. The van der Waals surface area contributed by atoms with Crippen molar-refractivity contribution in [3.8, 4) is 0 Å². The summed E-state index contributed by atoms with van der Waals surface area (Å²) < 4.78 is 4.30. The first-order chi connectivity index (χ1) is 16.7. The van der Waals surface area contributed by atoms with Crippen molar-refractivity contribution in [1.82, 2.24) is 29.4 Å².